The lowest BCUT2D eigenvalue weighted by atomic mass is 9.94. The molecule has 0 aromatic rings. The summed E-state index contributed by atoms with van der Waals surface area (Å²) in [6.45, 7) is 8.42. The van der Waals surface area contributed by atoms with Gasteiger partial charge in [0.15, 0.2) is 0 Å². The molecule has 2 unspecified atom stereocenters. The fourth-order valence-electron chi connectivity index (χ4n) is 3.79. The molecule has 1 saturated heterocycles. The van der Waals surface area contributed by atoms with Crippen molar-refractivity contribution in [3.05, 3.63) is 0 Å². The Balaban J connectivity index is 1.86. The molecule has 0 spiro atoms. The van der Waals surface area contributed by atoms with Crippen LogP contribution in [0.1, 0.15) is 58.8 Å². The molecule has 2 rings (SSSR count). The normalized spacial score (nSPS) is 29.6. The SMILES string of the molecule is CCNC(C)C1CCCCN1CC1CCCC1. The van der Waals surface area contributed by atoms with Gasteiger partial charge in [-0.25, -0.2) is 0 Å². The lowest BCUT2D eigenvalue weighted by molar-refractivity contribution is 0.101. The van der Waals surface area contributed by atoms with Gasteiger partial charge in [0.05, 0.1) is 0 Å². The van der Waals surface area contributed by atoms with E-state index in [1.54, 1.807) is 0 Å². The fourth-order valence-corrected chi connectivity index (χ4v) is 3.79. The van der Waals surface area contributed by atoms with Crippen molar-refractivity contribution in [2.45, 2.75) is 70.9 Å². The smallest absolute Gasteiger partial charge is 0.0246 e. The van der Waals surface area contributed by atoms with Crippen molar-refractivity contribution in [2.24, 2.45) is 5.92 Å². The van der Waals surface area contributed by atoms with Gasteiger partial charge in [0.2, 0.25) is 0 Å². The highest BCUT2D eigenvalue weighted by Crippen LogP contribution is 2.28. The van der Waals surface area contributed by atoms with Crippen LogP contribution in [0, 0.1) is 5.92 Å². The molecule has 0 amide bonds. The van der Waals surface area contributed by atoms with Gasteiger partial charge in [-0.3, -0.25) is 4.90 Å². The minimum atomic E-state index is 0.668. The van der Waals surface area contributed by atoms with Crippen molar-refractivity contribution >= 4 is 0 Å². The van der Waals surface area contributed by atoms with E-state index in [1.165, 1.54) is 58.0 Å². The summed E-state index contributed by atoms with van der Waals surface area (Å²) in [6.07, 6.45) is 10.2. The lowest BCUT2D eigenvalue weighted by Gasteiger charge is -2.40. The molecular weight excluding hydrogens is 208 g/mol. The summed E-state index contributed by atoms with van der Waals surface area (Å²) in [5.74, 6) is 1.00. The van der Waals surface area contributed by atoms with E-state index in [9.17, 15) is 0 Å². The first kappa shape index (κ1) is 13.4. The zero-order valence-corrected chi connectivity index (χ0v) is 11.8. The summed E-state index contributed by atoms with van der Waals surface area (Å²) in [7, 11) is 0. The van der Waals surface area contributed by atoms with Gasteiger partial charge in [0, 0.05) is 18.6 Å². The monoisotopic (exact) mass is 238 g/mol. The Bertz CT molecular complexity index is 211. The average Bonchev–Trinajstić information content (AvgIpc) is 2.83. The summed E-state index contributed by atoms with van der Waals surface area (Å²) in [4.78, 5) is 2.80. The van der Waals surface area contributed by atoms with Gasteiger partial charge < -0.3 is 5.32 Å². The molecule has 1 N–H and O–H groups in total. The second-order valence-corrected chi connectivity index (χ2v) is 6.05. The van der Waals surface area contributed by atoms with Crippen LogP contribution in [0.25, 0.3) is 0 Å². The number of nitrogens with one attached hydrogen (secondary N) is 1. The molecule has 0 bridgehead atoms. The maximum atomic E-state index is 3.63. The second kappa shape index (κ2) is 6.75. The predicted molar refractivity (Wildman–Crippen MR) is 74.3 cm³/mol. The number of nitrogens with zero attached hydrogens (tertiary/aromatic N) is 1. The van der Waals surface area contributed by atoms with E-state index < -0.39 is 0 Å². The van der Waals surface area contributed by atoms with Crippen molar-refractivity contribution in [2.75, 3.05) is 19.6 Å². The van der Waals surface area contributed by atoms with Crippen molar-refractivity contribution in [3.63, 3.8) is 0 Å². The molecule has 1 saturated carbocycles. The highest BCUT2D eigenvalue weighted by molar-refractivity contribution is 4.86. The summed E-state index contributed by atoms with van der Waals surface area (Å²) in [5.41, 5.74) is 0. The van der Waals surface area contributed by atoms with Crippen molar-refractivity contribution in [1.29, 1.82) is 0 Å². The van der Waals surface area contributed by atoms with E-state index >= 15 is 0 Å². The summed E-state index contributed by atoms with van der Waals surface area (Å²) < 4.78 is 0. The van der Waals surface area contributed by atoms with Crippen molar-refractivity contribution in [1.82, 2.24) is 10.2 Å². The Hall–Kier alpha value is -0.0800. The molecule has 1 aliphatic carbocycles. The van der Waals surface area contributed by atoms with E-state index in [0.717, 1.165) is 18.5 Å². The van der Waals surface area contributed by atoms with Gasteiger partial charge >= 0.3 is 0 Å². The van der Waals surface area contributed by atoms with E-state index in [-0.39, 0.29) is 0 Å². The molecule has 1 heterocycles. The predicted octanol–water partition coefficient (Wildman–Crippen LogP) is 3.03. The molecular formula is C15H30N2. The van der Waals surface area contributed by atoms with Crippen LogP contribution >= 0.6 is 0 Å². The zero-order valence-electron chi connectivity index (χ0n) is 11.8. The molecule has 2 aliphatic rings. The molecule has 0 radical (unpaired) electrons. The standard InChI is InChI=1S/C15H30N2/c1-3-16-13(2)15-10-6-7-11-17(15)12-14-8-4-5-9-14/h13-16H,3-12H2,1-2H3. The Morgan fingerprint density at radius 3 is 2.53 bits per heavy atom. The fraction of sp³-hybridized carbons (Fsp3) is 1.00. The van der Waals surface area contributed by atoms with Gasteiger partial charge in [-0.05, 0) is 51.6 Å². The largest absolute Gasteiger partial charge is 0.313 e. The second-order valence-electron chi connectivity index (χ2n) is 6.05. The molecule has 17 heavy (non-hydrogen) atoms. The topological polar surface area (TPSA) is 15.3 Å². The van der Waals surface area contributed by atoms with E-state index in [0.29, 0.717) is 6.04 Å². The number of piperidine rings is 1. The van der Waals surface area contributed by atoms with Gasteiger partial charge in [-0.2, -0.15) is 0 Å². The first-order chi connectivity index (χ1) is 8.31. The highest BCUT2D eigenvalue weighted by atomic mass is 15.2. The van der Waals surface area contributed by atoms with E-state index in [1.807, 2.05) is 0 Å². The molecule has 1 aliphatic heterocycles. The minimum absolute atomic E-state index is 0.668. The summed E-state index contributed by atoms with van der Waals surface area (Å²) >= 11 is 0. The van der Waals surface area contributed by atoms with Crippen LogP contribution in [0.2, 0.25) is 0 Å². The number of likely N-dealkylation sites (tertiary alicyclic amines) is 1. The van der Waals surface area contributed by atoms with E-state index in [4.69, 9.17) is 0 Å². The van der Waals surface area contributed by atoms with Crippen LogP contribution in [-0.2, 0) is 0 Å². The number of rotatable bonds is 5. The third-order valence-electron chi connectivity index (χ3n) is 4.73. The Labute approximate surface area is 107 Å². The molecule has 2 heteroatoms. The highest BCUT2D eigenvalue weighted by Gasteiger charge is 2.29. The van der Waals surface area contributed by atoms with Crippen LogP contribution < -0.4 is 5.32 Å². The number of hydrogen-bond donors (Lipinski definition) is 1. The molecule has 2 fully saturated rings. The van der Waals surface area contributed by atoms with Gasteiger partial charge in [0.1, 0.15) is 0 Å². The van der Waals surface area contributed by atoms with Crippen LogP contribution in [0.3, 0.4) is 0 Å². The van der Waals surface area contributed by atoms with Gasteiger partial charge in [-0.1, -0.05) is 26.2 Å². The number of hydrogen-bond acceptors (Lipinski definition) is 2. The Morgan fingerprint density at radius 1 is 1.12 bits per heavy atom. The molecule has 0 aromatic heterocycles. The van der Waals surface area contributed by atoms with Crippen LogP contribution in [0.5, 0.6) is 0 Å². The lowest BCUT2D eigenvalue weighted by Crippen LogP contribution is -2.52. The molecule has 100 valence electrons. The molecule has 2 atom stereocenters. The summed E-state index contributed by atoms with van der Waals surface area (Å²) in [6, 6.07) is 1.46. The third-order valence-corrected chi connectivity index (χ3v) is 4.73. The van der Waals surface area contributed by atoms with Crippen molar-refractivity contribution < 1.29 is 0 Å². The Kier molecular flexibility index (Phi) is 5.30. The number of likely N-dealkylation sites (N-methyl/N-ethyl adjacent to an activating group) is 1. The van der Waals surface area contributed by atoms with Crippen LogP contribution in [0.4, 0.5) is 0 Å². The summed E-state index contributed by atoms with van der Waals surface area (Å²) in [5, 5.41) is 3.63. The maximum absolute atomic E-state index is 3.63. The third kappa shape index (κ3) is 3.69. The Morgan fingerprint density at radius 2 is 1.82 bits per heavy atom. The van der Waals surface area contributed by atoms with Gasteiger partial charge in [0.25, 0.3) is 0 Å². The first-order valence-electron chi connectivity index (χ1n) is 7.78. The quantitative estimate of drug-likeness (QED) is 0.792. The molecule has 0 aromatic carbocycles. The van der Waals surface area contributed by atoms with Crippen molar-refractivity contribution in [3.8, 4) is 0 Å². The zero-order chi connectivity index (χ0) is 12.1. The maximum Gasteiger partial charge on any atom is 0.0246 e. The van der Waals surface area contributed by atoms with Crippen LogP contribution in [0.15, 0.2) is 0 Å². The average molecular weight is 238 g/mol. The van der Waals surface area contributed by atoms with Gasteiger partial charge in [-0.15, -0.1) is 0 Å². The minimum Gasteiger partial charge on any atom is -0.313 e. The molecule has 2 nitrogen and oxygen atoms in total. The van der Waals surface area contributed by atoms with E-state index in [2.05, 4.69) is 24.1 Å². The van der Waals surface area contributed by atoms with Crippen LogP contribution in [-0.4, -0.2) is 36.6 Å². The first-order valence-corrected chi connectivity index (χ1v) is 7.78.